The van der Waals surface area contributed by atoms with Crippen LogP contribution in [-0.2, 0) is 11.3 Å². The molecule has 2 heterocycles. The van der Waals surface area contributed by atoms with Crippen molar-refractivity contribution in [3.63, 3.8) is 0 Å². The van der Waals surface area contributed by atoms with Gasteiger partial charge in [-0.3, -0.25) is 4.90 Å². The molecule has 12 heavy (non-hydrogen) atoms. The molecule has 0 spiro atoms. The molecular weight excluding hydrogens is 154 g/mol. The van der Waals surface area contributed by atoms with Gasteiger partial charge in [0.2, 0.25) is 0 Å². The van der Waals surface area contributed by atoms with Gasteiger partial charge in [0, 0.05) is 18.7 Å². The van der Waals surface area contributed by atoms with Crippen molar-refractivity contribution in [3.05, 3.63) is 24.2 Å². The number of furan rings is 1. The molecule has 3 heteroatoms. The highest BCUT2D eigenvalue weighted by atomic mass is 16.6. The van der Waals surface area contributed by atoms with Gasteiger partial charge in [-0.25, -0.2) is 0 Å². The van der Waals surface area contributed by atoms with E-state index in [9.17, 15) is 0 Å². The van der Waals surface area contributed by atoms with E-state index >= 15 is 0 Å². The summed E-state index contributed by atoms with van der Waals surface area (Å²) in [6, 6.07) is 1.99. The van der Waals surface area contributed by atoms with Crippen LogP contribution in [-0.4, -0.2) is 31.2 Å². The van der Waals surface area contributed by atoms with Crippen LogP contribution in [0.1, 0.15) is 5.56 Å². The summed E-state index contributed by atoms with van der Waals surface area (Å²) in [7, 11) is 2.09. The molecule has 0 radical (unpaired) electrons. The molecule has 3 nitrogen and oxygen atoms in total. The van der Waals surface area contributed by atoms with Crippen molar-refractivity contribution >= 4 is 0 Å². The molecule has 1 aromatic heterocycles. The number of hydrogen-bond acceptors (Lipinski definition) is 3. The summed E-state index contributed by atoms with van der Waals surface area (Å²) in [5.41, 5.74) is 1.22. The van der Waals surface area contributed by atoms with Gasteiger partial charge < -0.3 is 9.15 Å². The van der Waals surface area contributed by atoms with E-state index < -0.39 is 0 Å². The van der Waals surface area contributed by atoms with Crippen molar-refractivity contribution in [2.45, 2.75) is 12.6 Å². The van der Waals surface area contributed by atoms with E-state index in [0.29, 0.717) is 6.10 Å². The van der Waals surface area contributed by atoms with Crippen molar-refractivity contribution < 1.29 is 9.15 Å². The van der Waals surface area contributed by atoms with E-state index in [1.165, 1.54) is 5.56 Å². The van der Waals surface area contributed by atoms with Crippen LogP contribution in [0.3, 0.4) is 0 Å². The molecule has 0 aliphatic carbocycles. The van der Waals surface area contributed by atoms with Crippen molar-refractivity contribution in [1.82, 2.24) is 4.90 Å². The third-order valence-corrected chi connectivity index (χ3v) is 1.95. The lowest BCUT2D eigenvalue weighted by Gasteiger charge is -2.12. The molecule has 0 saturated carbocycles. The molecular formula is C9H13NO2. The second-order valence-electron chi connectivity index (χ2n) is 3.28. The van der Waals surface area contributed by atoms with Crippen LogP contribution in [0.2, 0.25) is 0 Å². The molecule has 1 aliphatic rings. The molecule has 0 amide bonds. The second-order valence-corrected chi connectivity index (χ2v) is 3.28. The smallest absolute Gasteiger partial charge is 0.0947 e. The van der Waals surface area contributed by atoms with Crippen molar-refractivity contribution in [2.75, 3.05) is 20.2 Å². The van der Waals surface area contributed by atoms with Crippen LogP contribution in [0.4, 0.5) is 0 Å². The monoisotopic (exact) mass is 167 g/mol. The number of likely N-dealkylation sites (N-methyl/N-ethyl adjacent to an activating group) is 1. The van der Waals surface area contributed by atoms with Gasteiger partial charge in [0.25, 0.3) is 0 Å². The van der Waals surface area contributed by atoms with E-state index in [1.807, 2.05) is 6.07 Å². The lowest BCUT2D eigenvalue weighted by atomic mass is 10.3. The van der Waals surface area contributed by atoms with Crippen molar-refractivity contribution in [3.8, 4) is 0 Å². The predicted octanol–water partition coefficient (Wildman–Crippen LogP) is 1.11. The highest BCUT2D eigenvalue weighted by Gasteiger charge is 2.23. The Morgan fingerprint density at radius 3 is 3.08 bits per heavy atom. The fourth-order valence-corrected chi connectivity index (χ4v) is 1.28. The Labute approximate surface area is 71.9 Å². The summed E-state index contributed by atoms with van der Waals surface area (Å²) in [4.78, 5) is 2.24. The van der Waals surface area contributed by atoms with E-state index in [-0.39, 0.29) is 0 Å². The molecule has 0 N–H and O–H groups in total. The molecule has 0 aromatic carbocycles. The highest BCUT2D eigenvalue weighted by Crippen LogP contribution is 2.11. The van der Waals surface area contributed by atoms with E-state index in [2.05, 4.69) is 11.9 Å². The first kappa shape index (κ1) is 7.83. The Morgan fingerprint density at radius 1 is 1.67 bits per heavy atom. The number of epoxide rings is 1. The highest BCUT2D eigenvalue weighted by molar-refractivity contribution is 5.04. The molecule has 1 aliphatic heterocycles. The Morgan fingerprint density at radius 2 is 2.50 bits per heavy atom. The van der Waals surface area contributed by atoms with E-state index in [4.69, 9.17) is 9.15 Å². The van der Waals surface area contributed by atoms with Crippen LogP contribution >= 0.6 is 0 Å². The minimum Gasteiger partial charge on any atom is -0.472 e. The summed E-state index contributed by atoms with van der Waals surface area (Å²) >= 11 is 0. The van der Waals surface area contributed by atoms with Crippen molar-refractivity contribution in [1.29, 1.82) is 0 Å². The summed E-state index contributed by atoms with van der Waals surface area (Å²) in [5.74, 6) is 0. The van der Waals surface area contributed by atoms with Gasteiger partial charge in [-0.15, -0.1) is 0 Å². The first-order valence-electron chi connectivity index (χ1n) is 4.16. The number of rotatable bonds is 4. The topological polar surface area (TPSA) is 28.9 Å². The van der Waals surface area contributed by atoms with Gasteiger partial charge in [-0.2, -0.15) is 0 Å². The Bertz CT molecular complexity index is 229. The average Bonchev–Trinajstić information content (AvgIpc) is 2.66. The molecule has 1 saturated heterocycles. The Hall–Kier alpha value is -0.800. The van der Waals surface area contributed by atoms with Crippen LogP contribution in [0, 0.1) is 0 Å². The zero-order valence-corrected chi connectivity index (χ0v) is 7.19. The minimum absolute atomic E-state index is 0.474. The predicted molar refractivity (Wildman–Crippen MR) is 44.8 cm³/mol. The molecule has 1 fully saturated rings. The molecule has 1 unspecified atom stereocenters. The van der Waals surface area contributed by atoms with E-state index in [1.54, 1.807) is 12.5 Å². The Balaban J connectivity index is 1.77. The van der Waals surface area contributed by atoms with Gasteiger partial charge in [0.15, 0.2) is 0 Å². The number of hydrogen-bond donors (Lipinski definition) is 0. The van der Waals surface area contributed by atoms with Crippen LogP contribution in [0.25, 0.3) is 0 Å². The van der Waals surface area contributed by atoms with Gasteiger partial charge >= 0.3 is 0 Å². The first-order valence-corrected chi connectivity index (χ1v) is 4.16. The average molecular weight is 167 g/mol. The third kappa shape index (κ3) is 2.09. The zero-order valence-electron chi connectivity index (χ0n) is 7.19. The summed E-state index contributed by atoms with van der Waals surface area (Å²) in [6.45, 7) is 2.89. The molecule has 2 rings (SSSR count). The zero-order chi connectivity index (χ0) is 8.39. The molecule has 0 bridgehead atoms. The maximum atomic E-state index is 5.13. The standard InChI is InChI=1S/C9H13NO2/c1-10(5-9-7-12-9)4-8-2-3-11-6-8/h2-3,6,9H,4-5,7H2,1H3. The van der Waals surface area contributed by atoms with Crippen molar-refractivity contribution in [2.24, 2.45) is 0 Å². The van der Waals surface area contributed by atoms with Gasteiger partial charge in [0.1, 0.15) is 0 Å². The fraction of sp³-hybridized carbons (Fsp3) is 0.556. The maximum absolute atomic E-state index is 5.13. The largest absolute Gasteiger partial charge is 0.472 e. The molecule has 1 aromatic rings. The fourth-order valence-electron chi connectivity index (χ4n) is 1.28. The quantitative estimate of drug-likeness (QED) is 0.629. The second kappa shape index (κ2) is 3.29. The lowest BCUT2D eigenvalue weighted by molar-refractivity contribution is 0.277. The van der Waals surface area contributed by atoms with Gasteiger partial charge in [-0.1, -0.05) is 0 Å². The van der Waals surface area contributed by atoms with Crippen LogP contribution in [0.15, 0.2) is 23.0 Å². The third-order valence-electron chi connectivity index (χ3n) is 1.95. The summed E-state index contributed by atoms with van der Waals surface area (Å²) < 4.78 is 10.1. The number of ether oxygens (including phenoxy) is 1. The molecule has 1 atom stereocenters. The maximum Gasteiger partial charge on any atom is 0.0947 e. The van der Waals surface area contributed by atoms with Gasteiger partial charge in [-0.05, 0) is 13.1 Å². The van der Waals surface area contributed by atoms with Gasteiger partial charge in [0.05, 0.1) is 25.2 Å². The first-order chi connectivity index (χ1) is 5.84. The summed E-state index contributed by atoms with van der Waals surface area (Å²) in [6.07, 6.45) is 3.96. The Kier molecular flexibility index (Phi) is 2.15. The van der Waals surface area contributed by atoms with Crippen LogP contribution in [0.5, 0.6) is 0 Å². The molecule has 66 valence electrons. The lowest BCUT2D eigenvalue weighted by Crippen LogP contribution is -2.22. The number of nitrogens with zero attached hydrogens (tertiary/aromatic N) is 1. The van der Waals surface area contributed by atoms with Crippen LogP contribution < -0.4 is 0 Å². The normalized spacial score (nSPS) is 21.7. The SMILES string of the molecule is CN(Cc1ccoc1)CC1CO1. The minimum atomic E-state index is 0.474. The van der Waals surface area contributed by atoms with E-state index in [0.717, 1.165) is 19.7 Å². The summed E-state index contributed by atoms with van der Waals surface area (Å²) in [5, 5.41) is 0.